The van der Waals surface area contributed by atoms with Crippen molar-refractivity contribution in [3.63, 3.8) is 0 Å². The lowest BCUT2D eigenvalue weighted by atomic mass is 10.1. The maximum Gasteiger partial charge on any atom is 0.179 e. The lowest BCUT2D eigenvalue weighted by Crippen LogP contribution is -2.30. The first kappa shape index (κ1) is 19.7. The highest BCUT2D eigenvalue weighted by atomic mass is 35.5. The number of benzene rings is 1. The largest absolute Gasteiger partial charge is 0.391 e. The number of hydrogen-bond donors (Lipinski definition) is 3. The Morgan fingerprint density at radius 2 is 2.14 bits per heavy atom. The molecule has 2 unspecified atom stereocenters. The highest BCUT2D eigenvalue weighted by molar-refractivity contribution is 7.91. The quantitative estimate of drug-likeness (QED) is 0.703. The minimum atomic E-state index is -3.35. The monoisotopic (exact) mass is 368 g/mol. The second-order valence-corrected chi connectivity index (χ2v) is 7.87. The summed E-state index contributed by atoms with van der Waals surface area (Å²) >= 11 is 6.06. The molecule has 22 heavy (non-hydrogen) atoms. The number of sulfone groups is 1. The van der Waals surface area contributed by atoms with Gasteiger partial charge in [0.25, 0.3) is 0 Å². The Morgan fingerprint density at radius 1 is 1.41 bits per heavy atom. The van der Waals surface area contributed by atoms with Gasteiger partial charge in [0.1, 0.15) is 0 Å². The van der Waals surface area contributed by atoms with Crippen molar-refractivity contribution >= 4 is 33.8 Å². The molecule has 1 saturated heterocycles. The third-order valence-electron chi connectivity index (χ3n) is 3.77. The first-order valence-corrected chi connectivity index (χ1v) is 9.08. The van der Waals surface area contributed by atoms with Crippen molar-refractivity contribution in [3.8, 4) is 0 Å². The summed E-state index contributed by atoms with van der Waals surface area (Å²) in [6.07, 6.45) is -0.351. The van der Waals surface area contributed by atoms with E-state index < -0.39 is 9.84 Å². The maximum absolute atomic E-state index is 12.2. The fraction of sp³-hybridized carbons (Fsp3) is 0.571. The Morgan fingerprint density at radius 3 is 2.73 bits per heavy atom. The Bertz CT molecular complexity index is 596. The fourth-order valence-corrected chi connectivity index (χ4v) is 4.25. The van der Waals surface area contributed by atoms with E-state index in [1.54, 1.807) is 25.1 Å². The molecule has 1 heterocycles. The molecule has 1 fully saturated rings. The molecule has 1 aromatic carbocycles. The topological polar surface area (TPSA) is 78.4 Å². The molecule has 8 heteroatoms. The van der Waals surface area contributed by atoms with Crippen molar-refractivity contribution in [2.45, 2.75) is 24.5 Å². The smallest absolute Gasteiger partial charge is 0.179 e. The van der Waals surface area contributed by atoms with Gasteiger partial charge in [-0.15, -0.1) is 12.4 Å². The van der Waals surface area contributed by atoms with Gasteiger partial charge >= 0.3 is 0 Å². The zero-order valence-corrected chi connectivity index (χ0v) is 14.8. The molecule has 0 saturated carbocycles. The van der Waals surface area contributed by atoms with E-state index in [9.17, 15) is 13.5 Å². The summed E-state index contributed by atoms with van der Waals surface area (Å²) in [5, 5.41) is 16.3. The molecule has 1 aromatic rings. The second kappa shape index (κ2) is 8.47. The Labute approximate surface area is 142 Å². The molecular formula is C14H22Cl2N2O3S. The van der Waals surface area contributed by atoms with Crippen LogP contribution in [0.1, 0.15) is 12.5 Å². The van der Waals surface area contributed by atoms with E-state index in [-0.39, 0.29) is 40.1 Å². The number of rotatable bonds is 6. The molecule has 126 valence electrons. The third-order valence-corrected chi connectivity index (χ3v) is 6.06. The van der Waals surface area contributed by atoms with E-state index in [1.807, 2.05) is 0 Å². The highest BCUT2D eigenvalue weighted by Crippen LogP contribution is 2.26. The van der Waals surface area contributed by atoms with Gasteiger partial charge in [-0.3, -0.25) is 0 Å². The summed E-state index contributed by atoms with van der Waals surface area (Å²) in [6.45, 7) is 4.03. The predicted molar refractivity (Wildman–Crippen MR) is 90.5 cm³/mol. The van der Waals surface area contributed by atoms with E-state index in [0.717, 1.165) is 6.54 Å². The van der Waals surface area contributed by atoms with Crippen LogP contribution in [0, 0.1) is 5.92 Å². The van der Waals surface area contributed by atoms with E-state index in [1.165, 1.54) is 0 Å². The maximum atomic E-state index is 12.2. The van der Waals surface area contributed by atoms with Gasteiger partial charge in [-0.05, 0) is 11.6 Å². The van der Waals surface area contributed by atoms with E-state index in [2.05, 4.69) is 10.6 Å². The number of nitrogens with one attached hydrogen (secondary N) is 2. The fourth-order valence-electron chi connectivity index (χ4n) is 2.51. The van der Waals surface area contributed by atoms with Crippen molar-refractivity contribution in [3.05, 3.63) is 28.8 Å². The van der Waals surface area contributed by atoms with Crippen molar-refractivity contribution < 1.29 is 13.5 Å². The number of hydrogen-bond acceptors (Lipinski definition) is 5. The van der Waals surface area contributed by atoms with Crippen LogP contribution in [0.3, 0.4) is 0 Å². The molecule has 0 amide bonds. The molecular weight excluding hydrogens is 347 g/mol. The molecule has 0 spiro atoms. The second-order valence-electron chi connectivity index (χ2n) is 5.25. The van der Waals surface area contributed by atoms with Crippen LogP contribution in [0.2, 0.25) is 5.02 Å². The summed E-state index contributed by atoms with van der Waals surface area (Å²) in [6, 6.07) is 5.11. The van der Waals surface area contributed by atoms with Gasteiger partial charge in [-0.1, -0.05) is 30.7 Å². The van der Waals surface area contributed by atoms with Gasteiger partial charge in [-0.25, -0.2) is 8.42 Å². The van der Waals surface area contributed by atoms with Crippen LogP contribution >= 0.6 is 24.0 Å². The zero-order valence-electron chi connectivity index (χ0n) is 12.4. The molecule has 2 rings (SSSR count). The molecule has 0 aromatic heterocycles. The van der Waals surface area contributed by atoms with Gasteiger partial charge in [-0.2, -0.15) is 0 Å². The van der Waals surface area contributed by atoms with Crippen molar-refractivity contribution in [1.82, 2.24) is 10.6 Å². The molecule has 5 nitrogen and oxygen atoms in total. The van der Waals surface area contributed by atoms with Crippen molar-refractivity contribution in [2.75, 3.05) is 25.4 Å². The summed E-state index contributed by atoms with van der Waals surface area (Å²) in [7, 11) is -3.35. The molecule has 1 aliphatic rings. The molecule has 0 radical (unpaired) electrons. The first-order chi connectivity index (χ1) is 9.95. The Balaban J connectivity index is 0.00000242. The zero-order chi connectivity index (χ0) is 15.5. The number of aliphatic hydroxyl groups excluding tert-OH is 1. The Kier molecular flexibility index (Phi) is 7.58. The predicted octanol–water partition coefficient (Wildman–Crippen LogP) is 1.23. The van der Waals surface area contributed by atoms with Gasteiger partial charge in [0.05, 0.1) is 21.8 Å². The van der Waals surface area contributed by atoms with E-state index >= 15 is 0 Å². The van der Waals surface area contributed by atoms with Crippen molar-refractivity contribution in [1.29, 1.82) is 0 Å². The van der Waals surface area contributed by atoms with Crippen LogP contribution in [0.15, 0.2) is 23.1 Å². The molecule has 0 aliphatic carbocycles. The van der Waals surface area contributed by atoms with Crippen molar-refractivity contribution in [2.24, 2.45) is 5.92 Å². The number of β-amino-alcohol motifs (C(OH)–C–C–N with tert-alkyl or cyclic N) is 1. The highest BCUT2D eigenvalue weighted by Gasteiger charge is 2.25. The standard InChI is InChI=1S/C14H21ClN2O3S.ClH/c1-2-21(19,20)14-10(4-3-5-12(14)15)6-16-7-11-8-17-9-13(11)18;/h3-5,11,13,16-18H,2,6-9H2,1H3;1H. The van der Waals surface area contributed by atoms with Crippen LogP contribution in [0.25, 0.3) is 0 Å². The Hall–Kier alpha value is -0.370. The van der Waals surface area contributed by atoms with Gasteiger partial charge in [0, 0.05) is 32.1 Å². The first-order valence-electron chi connectivity index (χ1n) is 7.05. The lowest BCUT2D eigenvalue weighted by Gasteiger charge is -2.16. The van der Waals surface area contributed by atoms with Crippen LogP contribution < -0.4 is 10.6 Å². The minimum absolute atomic E-state index is 0. The molecule has 1 aliphatic heterocycles. The minimum Gasteiger partial charge on any atom is -0.391 e. The van der Waals surface area contributed by atoms with Gasteiger partial charge < -0.3 is 15.7 Å². The lowest BCUT2D eigenvalue weighted by molar-refractivity contribution is 0.146. The number of halogens is 2. The molecule has 3 N–H and O–H groups in total. The average Bonchev–Trinajstić information content (AvgIpc) is 2.84. The SMILES string of the molecule is CCS(=O)(=O)c1c(Cl)cccc1CNCC1CNCC1O.Cl. The number of aliphatic hydroxyl groups is 1. The molecule has 2 atom stereocenters. The van der Waals surface area contributed by atoms with Gasteiger partial charge in [0.15, 0.2) is 9.84 Å². The van der Waals surface area contributed by atoms with E-state index in [0.29, 0.717) is 25.2 Å². The summed E-state index contributed by atoms with van der Waals surface area (Å²) in [5.41, 5.74) is 0.671. The van der Waals surface area contributed by atoms with E-state index in [4.69, 9.17) is 11.6 Å². The summed E-state index contributed by atoms with van der Waals surface area (Å²) < 4.78 is 24.3. The summed E-state index contributed by atoms with van der Waals surface area (Å²) in [4.78, 5) is 0.215. The van der Waals surface area contributed by atoms with Crippen LogP contribution in [-0.4, -0.2) is 45.0 Å². The van der Waals surface area contributed by atoms with Crippen LogP contribution in [0.4, 0.5) is 0 Å². The van der Waals surface area contributed by atoms with Crippen LogP contribution in [0.5, 0.6) is 0 Å². The normalized spacial score (nSPS) is 21.6. The van der Waals surface area contributed by atoms with Gasteiger partial charge in [0.2, 0.25) is 0 Å². The summed E-state index contributed by atoms with van der Waals surface area (Å²) in [5.74, 6) is 0.171. The average molecular weight is 369 g/mol. The van der Waals surface area contributed by atoms with Crippen LogP contribution in [-0.2, 0) is 16.4 Å². The molecule has 0 bridgehead atoms. The third kappa shape index (κ3) is 4.57.